The highest BCUT2D eigenvalue weighted by Gasteiger charge is 2.35. The minimum absolute atomic E-state index is 0.0192. The van der Waals surface area contributed by atoms with Gasteiger partial charge < -0.3 is 19.9 Å². The fraction of sp³-hybridized carbons (Fsp3) is 0.567. The third-order valence-corrected chi connectivity index (χ3v) is 9.49. The lowest BCUT2D eigenvalue weighted by Gasteiger charge is -2.31. The molecule has 2 aromatic rings. The lowest BCUT2D eigenvalue weighted by molar-refractivity contribution is 0.0640. The van der Waals surface area contributed by atoms with Crippen molar-refractivity contribution in [2.75, 3.05) is 26.8 Å². The highest BCUT2D eigenvalue weighted by atomic mass is 32.2. The molecule has 3 rings (SSSR count). The van der Waals surface area contributed by atoms with Crippen LogP contribution in [0.1, 0.15) is 58.4 Å². The molecule has 9 heteroatoms. The molecule has 0 aliphatic heterocycles. The van der Waals surface area contributed by atoms with Crippen LogP contribution in [-0.2, 0) is 21.2 Å². The number of rotatable bonds is 14. The van der Waals surface area contributed by atoms with Gasteiger partial charge in [-0.25, -0.2) is 13.2 Å². The maximum Gasteiger partial charge on any atom is 0.407 e. The molecular weight excluding hydrogens is 516 g/mol. The number of ether oxygens (including phenoxy) is 2. The molecule has 0 aromatic heterocycles. The van der Waals surface area contributed by atoms with Crippen LogP contribution in [0.3, 0.4) is 0 Å². The fourth-order valence-electron chi connectivity index (χ4n) is 5.20. The molecular formula is C30H44N2O6S. The summed E-state index contributed by atoms with van der Waals surface area (Å²) in [6.45, 7) is 6.35. The summed E-state index contributed by atoms with van der Waals surface area (Å²) in [5.41, 5.74) is 0.932. The Balaban J connectivity index is 1.78. The largest absolute Gasteiger partial charge is 0.497 e. The smallest absolute Gasteiger partial charge is 0.407 e. The van der Waals surface area contributed by atoms with Gasteiger partial charge in [-0.15, -0.1) is 0 Å². The molecule has 216 valence electrons. The Morgan fingerprint density at radius 2 is 1.69 bits per heavy atom. The maximum absolute atomic E-state index is 13.6. The van der Waals surface area contributed by atoms with E-state index in [0.717, 1.165) is 37.7 Å². The molecule has 1 saturated carbocycles. The summed E-state index contributed by atoms with van der Waals surface area (Å²) in [5.74, 6) is 0.574. The highest BCUT2D eigenvalue weighted by Crippen LogP contribution is 2.41. The number of aliphatic hydroxyl groups excluding tert-OH is 1. The SMILES string of the molecule is CCC1(COC(=O)N[C@@H](Cc2ccccc2)[C@H](O)CN(CC(C)C)S(=O)(=O)c2ccc(OC)cc2)CCCC1. The quantitative estimate of drug-likeness (QED) is 0.337. The molecule has 2 atom stereocenters. The number of methoxy groups -OCH3 is 1. The molecule has 8 nitrogen and oxygen atoms in total. The van der Waals surface area contributed by atoms with E-state index in [-0.39, 0.29) is 29.3 Å². The number of sulfonamides is 1. The fourth-order valence-corrected chi connectivity index (χ4v) is 6.82. The lowest BCUT2D eigenvalue weighted by atomic mass is 9.84. The van der Waals surface area contributed by atoms with E-state index in [1.165, 1.54) is 23.5 Å². The van der Waals surface area contributed by atoms with Gasteiger partial charge in [0.05, 0.1) is 30.8 Å². The van der Waals surface area contributed by atoms with Gasteiger partial charge in [-0.05, 0) is 61.4 Å². The predicted octanol–water partition coefficient (Wildman–Crippen LogP) is 5.01. The second-order valence-electron chi connectivity index (χ2n) is 11.0. The van der Waals surface area contributed by atoms with Crippen LogP contribution >= 0.6 is 0 Å². The molecule has 1 aliphatic carbocycles. The molecule has 1 aliphatic rings. The monoisotopic (exact) mass is 560 g/mol. The first-order valence-corrected chi connectivity index (χ1v) is 15.3. The van der Waals surface area contributed by atoms with Crippen molar-refractivity contribution in [3.8, 4) is 5.75 Å². The maximum atomic E-state index is 13.6. The van der Waals surface area contributed by atoms with Crippen LogP contribution in [0.5, 0.6) is 5.75 Å². The number of carbonyl (C=O) groups excluding carboxylic acids is 1. The third-order valence-electron chi connectivity index (χ3n) is 7.65. The van der Waals surface area contributed by atoms with Crippen molar-refractivity contribution in [1.82, 2.24) is 9.62 Å². The summed E-state index contributed by atoms with van der Waals surface area (Å²) in [6, 6.07) is 14.9. The highest BCUT2D eigenvalue weighted by molar-refractivity contribution is 7.89. The summed E-state index contributed by atoms with van der Waals surface area (Å²) in [4.78, 5) is 13.0. The van der Waals surface area contributed by atoms with Crippen LogP contribution in [-0.4, -0.2) is 62.9 Å². The van der Waals surface area contributed by atoms with Crippen molar-refractivity contribution in [2.45, 2.75) is 76.3 Å². The Morgan fingerprint density at radius 3 is 2.26 bits per heavy atom. The van der Waals surface area contributed by atoms with Gasteiger partial charge in [-0.3, -0.25) is 0 Å². The molecule has 0 saturated heterocycles. The molecule has 39 heavy (non-hydrogen) atoms. The number of amides is 1. The summed E-state index contributed by atoms with van der Waals surface area (Å²) >= 11 is 0. The zero-order chi connectivity index (χ0) is 28.5. The molecule has 1 fully saturated rings. The predicted molar refractivity (Wildman–Crippen MR) is 152 cm³/mol. The third kappa shape index (κ3) is 8.68. The average Bonchev–Trinajstić information content (AvgIpc) is 3.41. The van der Waals surface area contributed by atoms with Crippen molar-refractivity contribution in [1.29, 1.82) is 0 Å². The Labute approximate surface area is 233 Å². The lowest BCUT2D eigenvalue weighted by Crippen LogP contribution is -2.51. The van der Waals surface area contributed by atoms with Crippen molar-refractivity contribution in [3.63, 3.8) is 0 Å². The number of hydrogen-bond acceptors (Lipinski definition) is 6. The number of benzene rings is 2. The summed E-state index contributed by atoms with van der Waals surface area (Å²) in [5, 5.41) is 14.2. The molecule has 0 bridgehead atoms. The average molecular weight is 561 g/mol. The molecule has 2 aromatic carbocycles. The summed E-state index contributed by atoms with van der Waals surface area (Å²) < 4.78 is 39.3. The zero-order valence-electron chi connectivity index (χ0n) is 23.6. The number of nitrogens with one attached hydrogen (secondary N) is 1. The van der Waals surface area contributed by atoms with Gasteiger partial charge in [0, 0.05) is 18.5 Å². The first kappa shape index (κ1) is 30.9. The Bertz CT molecular complexity index is 1130. The van der Waals surface area contributed by atoms with Gasteiger partial charge in [0.25, 0.3) is 0 Å². The van der Waals surface area contributed by atoms with E-state index in [0.29, 0.717) is 18.8 Å². The molecule has 2 N–H and O–H groups in total. The van der Waals surface area contributed by atoms with Crippen molar-refractivity contribution < 1.29 is 27.8 Å². The van der Waals surface area contributed by atoms with Crippen LogP contribution in [0.25, 0.3) is 0 Å². The van der Waals surface area contributed by atoms with E-state index >= 15 is 0 Å². The topological polar surface area (TPSA) is 105 Å². The molecule has 0 heterocycles. The first-order chi connectivity index (χ1) is 18.6. The molecule has 0 radical (unpaired) electrons. The Hall–Kier alpha value is -2.62. The van der Waals surface area contributed by atoms with Crippen LogP contribution < -0.4 is 10.1 Å². The van der Waals surface area contributed by atoms with E-state index in [1.54, 1.807) is 12.1 Å². The Kier molecular flexibility index (Phi) is 11.2. The van der Waals surface area contributed by atoms with Gasteiger partial charge in [0.2, 0.25) is 10.0 Å². The second kappa shape index (κ2) is 14.1. The van der Waals surface area contributed by atoms with E-state index < -0.39 is 28.3 Å². The van der Waals surface area contributed by atoms with Gasteiger partial charge >= 0.3 is 6.09 Å². The molecule has 0 spiro atoms. The minimum atomic E-state index is -3.91. The van der Waals surface area contributed by atoms with Crippen molar-refractivity contribution in [3.05, 3.63) is 60.2 Å². The van der Waals surface area contributed by atoms with E-state index in [2.05, 4.69) is 12.2 Å². The molecule has 1 amide bonds. The van der Waals surface area contributed by atoms with E-state index in [4.69, 9.17) is 9.47 Å². The number of alkyl carbamates (subject to hydrolysis) is 1. The van der Waals surface area contributed by atoms with Crippen LogP contribution in [0.15, 0.2) is 59.5 Å². The van der Waals surface area contributed by atoms with Crippen molar-refractivity contribution in [2.24, 2.45) is 11.3 Å². The Morgan fingerprint density at radius 1 is 1.05 bits per heavy atom. The zero-order valence-corrected chi connectivity index (χ0v) is 24.5. The number of hydrogen-bond donors (Lipinski definition) is 2. The number of carbonyl (C=O) groups is 1. The van der Waals surface area contributed by atoms with Crippen LogP contribution in [0.2, 0.25) is 0 Å². The van der Waals surface area contributed by atoms with Gasteiger partial charge in [0.15, 0.2) is 0 Å². The molecule has 0 unspecified atom stereocenters. The first-order valence-electron chi connectivity index (χ1n) is 13.9. The van der Waals surface area contributed by atoms with Crippen LogP contribution in [0.4, 0.5) is 4.79 Å². The van der Waals surface area contributed by atoms with E-state index in [9.17, 15) is 18.3 Å². The number of nitrogens with zero attached hydrogens (tertiary/aromatic N) is 1. The van der Waals surface area contributed by atoms with Crippen molar-refractivity contribution >= 4 is 16.1 Å². The normalized spacial score (nSPS) is 16.7. The second-order valence-corrected chi connectivity index (χ2v) is 13.0. The van der Waals surface area contributed by atoms with E-state index in [1.807, 2.05) is 44.2 Å². The van der Waals surface area contributed by atoms with Crippen LogP contribution in [0, 0.1) is 11.3 Å². The summed E-state index contributed by atoms with van der Waals surface area (Å²) in [7, 11) is -2.39. The van der Waals surface area contributed by atoms with Gasteiger partial charge in [-0.2, -0.15) is 4.31 Å². The van der Waals surface area contributed by atoms with Gasteiger partial charge in [-0.1, -0.05) is 63.9 Å². The number of aliphatic hydroxyl groups is 1. The standard InChI is InChI=1S/C30H44N2O6S/c1-5-30(17-9-10-18-30)22-38-29(34)31-27(19-24-11-7-6-8-12-24)28(33)21-32(20-23(2)3)39(35,36)26-15-13-25(37-4)14-16-26/h6-8,11-16,23,27-28,33H,5,9-10,17-22H2,1-4H3,(H,31,34)/t27-,28+/m0/s1. The minimum Gasteiger partial charge on any atom is -0.497 e. The summed E-state index contributed by atoms with van der Waals surface area (Å²) in [6.07, 6.45) is 3.88. The van der Waals surface area contributed by atoms with Gasteiger partial charge in [0.1, 0.15) is 5.75 Å².